The Morgan fingerprint density at radius 1 is 1.24 bits per heavy atom. The largest absolute Gasteiger partial charge is 0.381 e. The summed E-state index contributed by atoms with van der Waals surface area (Å²) < 4.78 is 5.46. The molecule has 0 bridgehead atoms. The number of hydrogen-bond acceptors (Lipinski definition) is 2. The minimum absolute atomic E-state index is 0.436. The molecule has 0 aliphatic carbocycles. The molecule has 1 aromatic carbocycles. The molecule has 1 aromatic rings. The molecule has 1 fully saturated rings. The van der Waals surface area contributed by atoms with Gasteiger partial charge in [-0.2, -0.15) is 0 Å². The molecule has 2 nitrogen and oxygen atoms in total. The Balaban J connectivity index is 2.01. The third kappa shape index (κ3) is 5.45. The summed E-state index contributed by atoms with van der Waals surface area (Å²) in [5.41, 5.74) is 1.07. The average molecular weight is 330 g/mol. The van der Waals surface area contributed by atoms with Crippen LogP contribution in [0.1, 0.15) is 38.2 Å². The molecule has 118 valence electrons. The van der Waals surface area contributed by atoms with Crippen LogP contribution in [0.5, 0.6) is 0 Å². The van der Waals surface area contributed by atoms with Gasteiger partial charge in [0.25, 0.3) is 0 Å². The fraction of sp³-hybridized carbons (Fsp3) is 0.647. The molecule has 1 atom stereocenters. The molecule has 1 unspecified atom stereocenters. The molecule has 0 amide bonds. The molecule has 1 heterocycles. The number of nitrogens with one attached hydrogen (secondary N) is 1. The fourth-order valence-corrected chi connectivity index (χ4v) is 3.50. The molecule has 4 heteroatoms. The second-order valence-electron chi connectivity index (χ2n) is 5.85. The van der Waals surface area contributed by atoms with Gasteiger partial charge in [0.1, 0.15) is 0 Å². The molecular formula is C17H25Cl2NO. The molecule has 2 rings (SSSR count). The van der Waals surface area contributed by atoms with E-state index < -0.39 is 0 Å². The molecule has 0 spiro atoms. The Morgan fingerprint density at radius 3 is 2.52 bits per heavy atom. The van der Waals surface area contributed by atoms with Gasteiger partial charge >= 0.3 is 0 Å². The highest BCUT2D eigenvalue weighted by Crippen LogP contribution is 2.28. The Labute approximate surface area is 138 Å². The summed E-state index contributed by atoms with van der Waals surface area (Å²) >= 11 is 12.6. The normalized spacial score (nSPS) is 17.9. The van der Waals surface area contributed by atoms with E-state index in [1.54, 1.807) is 0 Å². The summed E-state index contributed by atoms with van der Waals surface area (Å²) in [5, 5.41) is 5.21. The highest BCUT2D eigenvalue weighted by atomic mass is 35.5. The van der Waals surface area contributed by atoms with Crippen molar-refractivity contribution in [1.29, 1.82) is 0 Å². The highest BCUT2D eigenvalue weighted by molar-refractivity contribution is 6.36. The van der Waals surface area contributed by atoms with Gasteiger partial charge in [0.15, 0.2) is 0 Å². The Hall–Kier alpha value is -0.280. The summed E-state index contributed by atoms with van der Waals surface area (Å²) in [5.74, 6) is 0.745. The smallest absolute Gasteiger partial charge is 0.0468 e. The lowest BCUT2D eigenvalue weighted by molar-refractivity contribution is 0.0605. The number of ether oxygens (including phenoxy) is 1. The maximum absolute atomic E-state index is 6.32. The quantitative estimate of drug-likeness (QED) is 0.781. The fourth-order valence-electron chi connectivity index (χ4n) is 2.95. The second-order valence-corrected chi connectivity index (χ2v) is 6.66. The minimum atomic E-state index is 0.436. The van der Waals surface area contributed by atoms with E-state index in [9.17, 15) is 0 Å². The molecule has 1 aliphatic rings. The van der Waals surface area contributed by atoms with Gasteiger partial charge < -0.3 is 10.1 Å². The SMILES string of the molecule is CCCNC(Cc1c(Cl)cccc1Cl)CC1CCOCC1. The van der Waals surface area contributed by atoms with Crippen LogP contribution in [-0.2, 0) is 11.2 Å². The summed E-state index contributed by atoms with van der Waals surface area (Å²) in [6, 6.07) is 6.19. The van der Waals surface area contributed by atoms with Crippen molar-refractivity contribution < 1.29 is 4.74 Å². The average Bonchev–Trinajstić information content (AvgIpc) is 2.49. The number of hydrogen-bond donors (Lipinski definition) is 1. The van der Waals surface area contributed by atoms with Crippen molar-refractivity contribution in [2.45, 2.75) is 45.1 Å². The van der Waals surface area contributed by atoms with Crippen LogP contribution in [0.3, 0.4) is 0 Å². The summed E-state index contributed by atoms with van der Waals surface area (Å²) in [4.78, 5) is 0. The number of halogens is 2. The summed E-state index contributed by atoms with van der Waals surface area (Å²) in [6.45, 7) is 5.03. The van der Waals surface area contributed by atoms with E-state index in [2.05, 4.69) is 12.2 Å². The first-order chi connectivity index (χ1) is 10.2. The van der Waals surface area contributed by atoms with Crippen LogP contribution in [0.25, 0.3) is 0 Å². The lowest BCUT2D eigenvalue weighted by Gasteiger charge is -2.28. The number of rotatable bonds is 7. The monoisotopic (exact) mass is 329 g/mol. The van der Waals surface area contributed by atoms with Crippen molar-refractivity contribution in [3.63, 3.8) is 0 Å². The zero-order valence-corrected chi connectivity index (χ0v) is 14.2. The van der Waals surface area contributed by atoms with E-state index >= 15 is 0 Å². The van der Waals surface area contributed by atoms with Gasteiger partial charge in [-0.25, -0.2) is 0 Å². The minimum Gasteiger partial charge on any atom is -0.381 e. The zero-order valence-electron chi connectivity index (χ0n) is 12.7. The summed E-state index contributed by atoms with van der Waals surface area (Å²) in [6.07, 6.45) is 5.54. The third-order valence-electron chi connectivity index (χ3n) is 4.15. The lowest BCUT2D eigenvalue weighted by Crippen LogP contribution is -2.35. The van der Waals surface area contributed by atoms with Crippen LogP contribution in [0.2, 0.25) is 10.0 Å². The molecule has 1 saturated heterocycles. The van der Waals surface area contributed by atoms with Crippen LogP contribution in [0.15, 0.2) is 18.2 Å². The first-order valence-corrected chi connectivity index (χ1v) is 8.70. The molecule has 0 radical (unpaired) electrons. The van der Waals surface area contributed by atoms with Gasteiger partial charge in [0.2, 0.25) is 0 Å². The van der Waals surface area contributed by atoms with Crippen LogP contribution in [-0.4, -0.2) is 25.8 Å². The first-order valence-electron chi connectivity index (χ1n) is 7.94. The van der Waals surface area contributed by atoms with Crippen LogP contribution >= 0.6 is 23.2 Å². The van der Waals surface area contributed by atoms with Crippen LogP contribution in [0.4, 0.5) is 0 Å². The van der Waals surface area contributed by atoms with Crippen molar-refractivity contribution in [1.82, 2.24) is 5.32 Å². The van der Waals surface area contributed by atoms with Gasteiger partial charge in [0, 0.05) is 29.3 Å². The summed E-state index contributed by atoms with van der Waals surface area (Å²) in [7, 11) is 0. The zero-order chi connectivity index (χ0) is 15.1. The first kappa shape index (κ1) is 17.1. The van der Waals surface area contributed by atoms with E-state index in [0.717, 1.165) is 54.1 Å². The molecule has 1 N–H and O–H groups in total. The number of benzene rings is 1. The highest BCUT2D eigenvalue weighted by Gasteiger charge is 2.20. The van der Waals surface area contributed by atoms with Crippen molar-refractivity contribution in [3.8, 4) is 0 Å². The standard InChI is InChI=1S/C17H25Cl2NO/c1-2-8-20-14(11-13-6-9-21-10-7-13)12-15-16(18)4-3-5-17(15)19/h3-5,13-14,20H,2,6-12H2,1H3. The Morgan fingerprint density at radius 2 is 1.90 bits per heavy atom. The van der Waals surface area contributed by atoms with Gasteiger partial charge in [-0.3, -0.25) is 0 Å². The lowest BCUT2D eigenvalue weighted by atomic mass is 9.89. The molecule has 0 saturated carbocycles. The van der Waals surface area contributed by atoms with Crippen molar-refractivity contribution in [2.75, 3.05) is 19.8 Å². The maximum atomic E-state index is 6.32. The molecule has 0 aromatic heterocycles. The van der Waals surface area contributed by atoms with E-state index in [4.69, 9.17) is 27.9 Å². The van der Waals surface area contributed by atoms with Gasteiger partial charge in [-0.15, -0.1) is 0 Å². The predicted octanol–water partition coefficient (Wildman–Crippen LogP) is 4.72. The van der Waals surface area contributed by atoms with Crippen LogP contribution < -0.4 is 5.32 Å². The third-order valence-corrected chi connectivity index (χ3v) is 4.86. The predicted molar refractivity (Wildman–Crippen MR) is 90.4 cm³/mol. The second kappa shape index (κ2) is 8.99. The van der Waals surface area contributed by atoms with Crippen molar-refractivity contribution in [2.24, 2.45) is 5.92 Å². The Bertz CT molecular complexity index is 413. The van der Waals surface area contributed by atoms with E-state index in [1.165, 1.54) is 19.3 Å². The van der Waals surface area contributed by atoms with Crippen molar-refractivity contribution in [3.05, 3.63) is 33.8 Å². The molecule has 21 heavy (non-hydrogen) atoms. The van der Waals surface area contributed by atoms with E-state index in [1.807, 2.05) is 18.2 Å². The van der Waals surface area contributed by atoms with E-state index in [0.29, 0.717) is 6.04 Å². The Kier molecular flexibility index (Phi) is 7.31. The van der Waals surface area contributed by atoms with Crippen LogP contribution in [0, 0.1) is 5.92 Å². The topological polar surface area (TPSA) is 21.3 Å². The van der Waals surface area contributed by atoms with Crippen molar-refractivity contribution >= 4 is 23.2 Å². The van der Waals surface area contributed by atoms with E-state index in [-0.39, 0.29) is 0 Å². The van der Waals surface area contributed by atoms with Gasteiger partial charge in [-0.1, -0.05) is 36.2 Å². The van der Waals surface area contributed by atoms with Gasteiger partial charge in [0.05, 0.1) is 0 Å². The maximum Gasteiger partial charge on any atom is 0.0468 e. The molecule has 1 aliphatic heterocycles. The molecular weight excluding hydrogens is 305 g/mol. The van der Waals surface area contributed by atoms with Gasteiger partial charge in [-0.05, 0) is 62.3 Å².